The summed E-state index contributed by atoms with van der Waals surface area (Å²) in [6.45, 7) is 4.20. The van der Waals surface area contributed by atoms with Gasteiger partial charge >= 0.3 is 6.03 Å². The van der Waals surface area contributed by atoms with Gasteiger partial charge in [0, 0.05) is 6.20 Å². The molecule has 4 nitrogen and oxygen atoms in total. The van der Waals surface area contributed by atoms with Crippen LogP contribution in [0.5, 0.6) is 0 Å². The van der Waals surface area contributed by atoms with Crippen molar-refractivity contribution < 1.29 is 9.00 Å². The quantitative estimate of drug-likeness (QED) is 0.923. The molecule has 0 saturated heterocycles. The maximum Gasteiger partial charge on any atom is 0.331 e. The Hall–Kier alpha value is -2.14. The summed E-state index contributed by atoms with van der Waals surface area (Å²) in [5, 5.41) is 0. The number of nitrogens with zero attached hydrogens (tertiary/aromatic N) is 1. The first-order chi connectivity index (χ1) is 10.4. The first-order valence-electron chi connectivity index (χ1n) is 7.02. The molecular weight excluding hydrogens is 296 g/mol. The Morgan fingerprint density at radius 3 is 2.55 bits per heavy atom. The molecule has 0 fully saturated rings. The molecular formula is C17H20N2O2S. The van der Waals surface area contributed by atoms with Gasteiger partial charge in [0.05, 0.1) is 4.91 Å². The number of amides is 2. The third-order valence-corrected chi connectivity index (χ3v) is 4.69. The van der Waals surface area contributed by atoms with Gasteiger partial charge in [-0.1, -0.05) is 56.3 Å². The van der Waals surface area contributed by atoms with Crippen molar-refractivity contribution in [2.45, 2.75) is 20.3 Å². The minimum Gasteiger partial charge on any atom is -0.350 e. The van der Waals surface area contributed by atoms with Crippen molar-refractivity contribution in [3.63, 3.8) is 0 Å². The average molecular weight is 316 g/mol. The van der Waals surface area contributed by atoms with E-state index in [2.05, 4.69) is 13.8 Å². The molecule has 0 spiro atoms. The third kappa shape index (κ3) is 4.18. The van der Waals surface area contributed by atoms with Gasteiger partial charge in [0.2, 0.25) is 0 Å². The second-order valence-corrected chi connectivity index (χ2v) is 7.14. The fourth-order valence-corrected chi connectivity index (χ4v) is 2.95. The fraction of sp³-hybridized carbons (Fsp3) is 0.235. The van der Waals surface area contributed by atoms with Crippen LogP contribution in [0.3, 0.4) is 0 Å². The summed E-state index contributed by atoms with van der Waals surface area (Å²) in [5.74, 6) is 0. The highest BCUT2D eigenvalue weighted by molar-refractivity contribution is 7.87. The molecule has 0 aromatic heterocycles. The standard InChI is InChI=1S/C17H20N2O2S/c1-17(2)11-8-15(9-12-17)22(21)19(16(18)20)13-10-14-6-4-3-5-7-14/h3-11,13H,12H2,1-2H3,(H2,18,20). The monoisotopic (exact) mass is 316 g/mol. The molecule has 22 heavy (non-hydrogen) atoms. The first kappa shape index (κ1) is 16.2. The smallest absolute Gasteiger partial charge is 0.331 e. The fourth-order valence-electron chi connectivity index (χ4n) is 1.98. The Bertz CT molecular complexity index is 660. The normalized spacial score (nSPS) is 18.0. The predicted molar refractivity (Wildman–Crippen MR) is 90.7 cm³/mol. The Labute approximate surface area is 133 Å². The highest BCUT2D eigenvalue weighted by Crippen LogP contribution is 2.29. The average Bonchev–Trinajstić information content (AvgIpc) is 2.48. The Morgan fingerprint density at radius 1 is 1.32 bits per heavy atom. The van der Waals surface area contributed by atoms with E-state index in [9.17, 15) is 9.00 Å². The lowest BCUT2D eigenvalue weighted by Crippen LogP contribution is -2.33. The van der Waals surface area contributed by atoms with E-state index in [1.807, 2.05) is 42.5 Å². The van der Waals surface area contributed by atoms with E-state index in [1.165, 1.54) is 6.20 Å². The number of hydrogen-bond donors (Lipinski definition) is 1. The summed E-state index contributed by atoms with van der Waals surface area (Å²) in [4.78, 5) is 12.2. The van der Waals surface area contributed by atoms with E-state index < -0.39 is 17.0 Å². The molecule has 1 aromatic rings. The van der Waals surface area contributed by atoms with E-state index in [4.69, 9.17) is 5.73 Å². The van der Waals surface area contributed by atoms with Gasteiger partial charge in [0.15, 0.2) is 11.0 Å². The van der Waals surface area contributed by atoms with Gasteiger partial charge in [-0.15, -0.1) is 0 Å². The van der Waals surface area contributed by atoms with Crippen LogP contribution in [0.1, 0.15) is 25.8 Å². The van der Waals surface area contributed by atoms with Crippen molar-refractivity contribution >= 4 is 23.1 Å². The molecule has 1 atom stereocenters. The van der Waals surface area contributed by atoms with Gasteiger partial charge in [0.1, 0.15) is 0 Å². The van der Waals surface area contributed by atoms with Crippen molar-refractivity contribution in [3.05, 3.63) is 65.2 Å². The van der Waals surface area contributed by atoms with Gasteiger partial charge in [-0.3, -0.25) is 0 Å². The van der Waals surface area contributed by atoms with Gasteiger partial charge < -0.3 is 5.73 Å². The molecule has 2 rings (SSSR count). The van der Waals surface area contributed by atoms with Crippen LogP contribution >= 0.6 is 0 Å². The number of nitrogens with two attached hydrogens (primary N) is 1. The maximum absolute atomic E-state index is 12.5. The number of benzene rings is 1. The molecule has 0 saturated carbocycles. The molecule has 116 valence electrons. The topological polar surface area (TPSA) is 63.4 Å². The van der Waals surface area contributed by atoms with Crippen LogP contribution in [0.15, 0.2) is 59.7 Å². The van der Waals surface area contributed by atoms with E-state index >= 15 is 0 Å². The zero-order valence-electron chi connectivity index (χ0n) is 12.7. The number of carbonyl (C=O) groups is 1. The number of rotatable bonds is 4. The summed E-state index contributed by atoms with van der Waals surface area (Å²) >= 11 is 0. The second kappa shape index (κ2) is 6.75. The highest BCUT2D eigenvalue weighted by atomic mass is 32.2. The molecule has 5 heteroatoms. The Balaban J connectivity index is 2.17. The SMILES string of the molecule is CC1(C)C=CC(S(=O)N(C=Cc2ccccc2)C(N)=O)=CC1. The largest absolute Gasteiger partial charge is 0.350 e. The molecule has 2 amide bonds. The van der Waals surface area contributed by atoms with Gasteiger partial charge in [0.25, 0.3) is 0 Å². The van der Waals surface area contributed by atoms with Crippen LogP contribution in [0, 0.1) is 5.41 Å². The molecule has 0 bridgehead atoms. The maximum atomic E-state index is 12.5. The second-order valence-electron chi connectivity index (χ2n) is 5.77. The number of hydrogen-bond acceptors (Lipinski definition) is 2. The van der Waals surface area contributed by atoms with Crippen molar-refractivity contribution in [1.82, 2.24) is 4.31 Å². The van der Waals surface area contributed by atoms with E-state index in [0.29, 0.717) is 4.91 Å². The van der Waals surface area contributed by atoms with Crippen LogP contribution in [0.2, 0.25) is 0 Å². The molecule has 1 unspecified atom stereocenters. The summed E-state index contributed by atoms with van der Waals surface area (Å²) in [6.07, 6.45) is 9.64. The van der Waals surface area contributed by atoms with Crippen molar-refractivity contribution in [3.8, 4) is 0 Å². The van der Waals surface area contributed by atoms with Crippen LogP contribution < -0.4 is 5.73 Å². The summed E-state index contributed by atoms with van der Waals surface area (Å²) in [5.41, 5.74) is 6.30. The van der Waals surface area contributed by atoms with Gasteiger partial charge in [-0.05, 0) is 29.6 Å². The number of carbonyl (C=O) groups excluding carboxylic acids is 1. The molecule has 1 aliphatic rings. The molecule has 2 N–H and O–H groups in total. The molecule has 1 aromatic carbocycles. The van der Waals surface area contributed by atoms with Crippen molar-refractivity contribution in [2.24, 2.45) is 11.1 Å². The molecule has 0 aliphatic heterocycles. The minimum atomic E-state index is -1.63. The van der Waals surface area contributed by atoms with Crippen LogP contribution in [0.4, 0.5) is 4.79 Å². The summed E-state index contributed by atoms with van der Waals surface area (Å²) < 4.78 is 13.6. The number of primary amides is 1. The van der Waals surface area contributed by atoms with Crippen LogP contribution in [0.25, 0.3) is 6.08 Å². The van der Waals surface area contributed by atoms with Gasteiger partial charge in [-0.2, -0.15) is 0 Å². The zero-order valence-corrected chi connectivity index (χ0v) is 13.5. The summed E-state index contributed by atoms with van der Waals surface area (Å²) in [6, 6.07) is 8.71. The highest BCUT2D eigenvalue weighted by Gasteiger charge is 2.22. The van der Waals surface area contributed by atoms with Crippen LogP contribution in [-0.2, 0) is 11.0 Å². The lowest BCUT2D eigenvalue weighted by Gasteiger charge is -2.24. The minimum absolute atomic E-state index is 0.0468. The zero-order chi connectivity index (χ0) is 16.2. The Morgan fingerprint density at radius 2 is 2.00 bits per heavy atom. The predicted octanol–water partition coefficient (Wildman–Crippen LogP) is 3.57. The van der Waals surface area contributed by atoms with E-state index in [1.54, 1.807) is 12.2 Å². The Kier molecular flexibility index (Phi) is 4.98. The van der Waals surface area contributed by atoms with Crippen molar-refractivity contribution in [2.75, 3.05) is 0 Å². The lowest BCUT2D eigenvalue weighted by molar-refractivity contribution is 0.241. The van der Waals surface area contributed by atoms with E-state index in [-0.39, 0.29) is 5.41 Å². The number of allylic oxidation sites excluding steroid dienone is 3. The molecule has 0 heterocycles. The van der Waals surface area contributed by atoms with Crippen molar-refractivity contribution in [1.29, 1.82) is 0 Å². The molecule has 1 aliphatic carbocycles. The van der Waals surface area contributed by atoms with Crippen LogP contribution in [-0.4, -0.2) is 14.5 Å². The van der Waals surface area contributed by atoms with E-state index in [0.717, 1.165) is 16.3 Å². The first-order valence-corrected chi connectivity index (χ1v) is 8.13. The molecule has 0 radical (unpaired) electrons. The number of urea groups is 1. The third-order valence-electron chi connectivity index (χ3n) is 3.33. The van der Waals surface area contributed by atoms with Gasteiger partial charge in [-0.25, -0.2) is 13.3 Å². The lowest BCUT2D eigenvalue weighted by atomic mass is 9.86. The summed E-state index contributed by atoms with van der Waals surface area (Å²) in [7, 11) is -1.63.